The maximum Gasteiger partial charge on any atom is 0.122 e. The van der Waals surface area contributed by atoms with E-state index in [2.05, 4.69) is 5.32 Å². The summed E-state index contributed by atoms with van der Waals surface area (Å²) in [4.78, 5) is 0. The van der Waals surface area contributed by atoms with E-state index in [-0.39, 0.29) is 18.6 Å². The monoisotopic (exact) mass is 281 g/mol. The quantitative estimate of drug-likeness (QED) is 0.678. The Bertz CT molecular complexity index is 407. The molecule has 0 spiro atoms. The van der Waals surface area contributed by atoms with Gasteiger partial charge in [-0.15, -0.1) is 0 Å². The van der Waals surface area contributed by atoms with Gasteiger partial charge in [0, 0.05) is 13.1 Å². The number of hydrogen-bond acceptors (Lipinski definition) is 4. The smallest absolute Gasteiger partial charge is 0.122 e. The van der Waals surface area contributed by atoms with Crippen LogP contribution in [0.5, 0.6) is 5.75 Å². The van der Waals surface area contributed by atoms with E-state index in [1.54, 1.807) is 0 Å². The summed E-state index contributed by atoms with van der Waals surface area (Å²) < 4.78 is 5.63. The highest BCUT2D eigenvalue weighted by Gasteiger charge is 2.11. The number of nitrogens with one attached hydrogen (secondary N) is 1. The summed E-state index contributed by atoms with van der Waals surface area (Å²) in [6.45, 7) is 9.07. The molecule has 0 aliphatic rings. The number of rotatable bonds is 8. The van der Waals surface area contributed by atoms with E-state index >= 15 is 0 Å². The molecule has 0 saturated carbocycles. The fourth-order valence-corrected chi connectivity index (χ4v) is 1.74. The highest BCUT2D eigenvalue weighted by atomic mass is 16.5. The summed E-state index contributed by atoms with van der Waals surface area (Å²) in [7, 11) is 0. The molecule has 0 saturated heterocycles. The van der Waals surface area contributed by atoms with Crippen LogP contribution in [0.1, 0.15) is 25.0 Å². The van der Waals surface area contributed by atoms with Gasteiger partial charge in [0.25, 0.3) is 0 Å². The summed E-state index contributed by atoms with van der Waals surface area (Å²) in [5, 5.41) is 22.5. The van der Waals surface area contributed by atoms with Gasteiger partial charge in [0.1, 0.15) is 18.5 Å². The summed E-state index contributed by atoms with van der Waals surface area (Å²) >= 11 is 0. The Kier molecular flexibility index (Phi) is 6.99. The average molecular weight is 281 g/mol. The first-order chi connectivity index (χ1) is 9.40. The molecule has 0 aliphatic carbocycles. The van der Waals surface area contributed by atoms with Crippen molar-refractivity contribution in [2.24, 2.45) is 5.92 Å². The maximum atomic E-state index is 9.85. The lowest BCUT2D eigenvalue weighted by atomic mass is 10.1. The van der Waals surface area contributed by atoms with Crippen LogP contribution in [0, 0.1) is 19.8 Å². The molecule has 0 amide bonds. The molecule has 0 bridgehead atoms. The van der Waals surface area contributed by atoms with Gasteiger partial charge in [-0.05, 0) is 37.0 Å². The molecule has 114 valence electrons. The predicted octanol–water partition coefficient (Wildman–Crippen LogP) is 1.65. The number of hydrogen-bond donors (Lipinski definition) is 3. The van der Waals surface area contributed by atoms with Gasteiger partial charge in [0.15, 0.2) is 0 Å². The van der Waals surface area contributed by atoms with Crippen molar-refractivity contribution in [1.82, 2.24) is 5.32 Å². The SMILES string of the molecule is Cc1ccc(C)c(OCC(O)CNCC(O)C(C)C)c1. The first-order valence-corrected chi connectivity index (χ1v) is 7.17. The first-order valence-electron chi connectivity index (χ1n) is 7.17. The average Bonchev–Trinajstić information content (AvgIpc) is 2.39. The van der Waals surface area contributed by atoms with Crippen molar-refractivity contribution in [1.29, 1.82) is 0 Å². The molecule has 4 nitrogen and oxygen atoms in total. The molecule has 1 rings (SSSR count). The summed E-state index contributed by atoms with van der Waals surface area (Å²) in [5.41, 5.74) is 2.20. The third-order valence-electron chi connectivity index (χ3n) is 3.28. The highest BCUT2D eigenvalue weighted by molar-refractivity contribution is 5.35. The minimum atomic E-state index is -0.589. The Morgan fingerprint density at radius 2 is 1.85 bits per heavy atom. The Balaban J connectivity index is 2.29. The third-order valence-corrected chi connectivity index (χ3v) is 3.28. The number of benzene rings is 1. The van der Waals surface area contributed by atoms with Crippen LogP contribution in [0.3, 0.4) is 0 Å². The molecule has 2 unspecified atom stereocenters. The van der Waals surface area contributed by atoms with Crippen molar-refractivity contribution in [2.45, 2.75) is 39.9 Å². The summed E-state index contributed by atoms with van der Waals surface area (Å²) in [5.74, 6) is 1.03. The van der Waals surface area contributed by atoms with Crippen molar-refractivity contribution in [3.8, 4) is 5.75 Å². The Hall–Kier alpha value is -1.10. The zero-order chi connectivity index (χ0) is 15.1. The van der Waals surface area contributed by atoms with Gasteiger partial charge in [-0.2, -0.15) is 0 Å². The van der Waals surface area contributed by atoms with Gasteiger partial charge in [-0.25, -0.2) is 0 Å². The zero-order valence-corrected chi connectivity index (χ0v) is 12.9. The molecule has 0 aliphatic heterocycles. The van der Waals surface area contributed by atoms with E-state index in [1.165, 1.54) is 0 Å². The standard InChI is InChI=1S/C16H27NO3/c1-11(2)15(19)9-17-8-14(18)10-20-16-7-12(3)5-6-13(16)4/h5-7,11,14-15,17-19H,8-10H2,1-4H3. The molecular weight excluding hydrogens is 254 g/mol. The summed E-state index contributed by atoms with van der Waals surface area (Å²) in [6.07, 6.45) is -0.976. The highest BCUT2D eigenvalue weighted by Crippen LogP contribution is 2.19. The van der Waals surface area contributed by atoms with Gasteiger partial charge in [-0.3, -0.25) is 0 Å². The second-order valence-electron chi connectivity index (χ2n) is 5.70. The first kappa shape index (κ1) is 17.0. The van der Waals surface area contributed by atoms with Crippen LogP contribution < -0.4 is 10.1 Å². The minimum Gasteiger partial charge on any atom is -0.491 e. The van der Waals surface area contributed by atoms with Gasteiger partial charge in [0.05, 0.1) is 6.10 Å². The fraction of sp³-hybridized carbons (Fsp3) is 0.625. The van der Waals surface area contributed by atoms with Crippen molar-refractivity contribution in [3.63, 3.8) is 0 Å². The van der Waals surface area contributed by atoms with E-state index in [4.69, 9.17) is 4.74 Å². The molecule has 20 heavy (non-hydrogen) atoms. The van der Waals surface area contributed by atoms with Crippen LogP contribution in [0.25, 0.3) is 0 Å². The van der Waals surface area contributed by atoms with Gasteiger partial charge in [-0.1, -0.05) is 26.0 Å². The second kappa shape index (κ2) is 8.25. The van der Waals surface area contributed by atoms with Crippen LogP contribution in [0.4, 0.5) is 0 Å². The van der Waals surface area contributed by atoms with Gasteiger partial charge < -0.3 is 20.3 Å². The number of ether oxygens (including phenoxy) is 1. The van der Waals surface area contributed by atoms with Crippen molar-refractivity contribution in [3.05, 3.63) is 29.3 Å². The van der Waals surface area contributed by atoms with E-state index in [0.717, 1.165) is 16.9 Å². The molecule has 1 aromatic carbocycles. The molecule has 4 heteroatoms. The zero-order valence-electron chi connectivity index (χ0n) is 12.9. The predicted molar refractivity (Wildman–Crippen MR) is 81.1 cm³/mol. The normalized spacial score (nSPS) is 14.3. The minimum absolute atomic E-state index is 0.214. The molecule has 0 radical (unpaired) electrons. The lowest BCUT2D eigenvalue weighted by Gasteiger charge is -2.18. The molecule has 0 aromatic heterocycles. The number of aliphatic hydroxyl groups is 2. The molecule has 2 atom stereocenters. The Morgan fingerprint density at radius 3 is 2.50 bits per heavy atom. The van der Waals surface area contributed by atoms with Crippen molar-refractivity contribution >= 4 is 0 Å². The van der Waals surface area contributed by atoms with Gasteiger partial charge >= 0.3 is 0 Å². The summed E-state index contributed by atoms with van der Waals surface area (Å²) in [6, 6.07) is 6.01. The molecule has 0 fully saturated rings. The van der Waals surface area contributed by atoms with Crippen LogP contribution in [-0.4, -0.2) is 42.1 Å². The van der Waals surface area contributed by atoms with E-state index in [0.29, 0.717) is 13.1 Å². The van der Waals surface area contributed by atoms with Crippen LogP contribution in [0.15, 0.2) is 18.2 Å². The Morgan fingerprint density at radius 1 is 1.15 bits per heavy atom. The third kappa shape index (κ3) is 5.90. The molecule has 3 N–H and O–H groups in total. The topological polar surface area (TPSA) is 61.7 Å². The molecular formula is C16H27NO3. The second-order valence-corrected chi connectivity index (χ2v) is 5.70. The maximum absolute atomic E-state index is 9.85. The van der Waals surface area contributed by atoms with Crippen molar-refractivity contribution < 1.29 is 14.9 Å². The lowest BCUT2D eigenvalue weighted by Crippen LogP contribution is -2.37. The number of aryl methyl sites for hydroxylation is 2. The largest absolute Gasteiger partial charge is 0.491 e. The van der Waals surface area contributed by atoms with Gasteiger partial charge in [0.2, 0.25) is 0 Å². The molecule has 0 heterocycles. The van der Waals surface area contributed by atoms with E-state index in [1.807, 2.05) is 45.9 Å². The Labute approximate surface area is 121 Å². The van der Waals surface area contributed by atoms with Crippen LogP contribution in [0.2, 0.25) is 0 Å². The van der Waals surface area contributed by atoms with Crippen molar-refractivity contribution in [2.75, 3.05) is 19.7 Å². The van der Waals surface area contributed by atoms with E-state index in [9.17, 15) is 10.2 Å². The molecule has 1 aromatic rings. The number of aliphatic hydroxyl groups excluding tert-OH is 2. The van der Waals surface area contributed by atoms with Crippen LogP contribution in [-0.2, 0) is 0 Å². The van der Waals surface area contributed by atoms with E-state index < -0.39 is 6.10 Å². The van der Waals surface area contributed by atoms with Crippen LogP contribution >= 0.6 is 0 Å². The fourth-order valence-electron chi connectivity index (χ4n) is 1.74. The lowest BCUT2D eigenvalue weighted by molar-refractivity contribution is 0.0906.